The predicted molar refractivity (Wildman–Crippen MR) is 73.3 cm³/mol. The molecular weight excluding hydrogens is 242 g/mol. The van der Waals surface area contributed by atoms with E-state index in [9.17, 15) is 4.79 Å². The van der Waals surface area contributed by atoms with E-state index < -0.39 is 5.97 Å². The Bertz CT molecular complexity index is 462. The molecule has 0 radical (unpaired) electrons. The third-order valence-corrected chi connectivity index (χ3v) is 4.19. The van der Waals surface area contributed by atoms with E-state index in [1.165, 1.54) is 25.7 Å². The van der Waals surface area contributed by atoms with Crippen molar-refractivity contribution in [3.8, 4) is 0 Å². The van der Waals surface area contributed by atoms with E-state index in [1.54, 1.807) is 6.92 Å². The van der Waals surface area contributed by atoms with Gasteiger partial charge in [0, 0.05) is 11.6 Å². The molecule has 2 rings (SSSR count). The predicted octanol–water partition coefficient (Wildman–Crippen LogP) is 3.34. The summed E-state index contributed by atoms with van der Waals surface area (Å²) in [6.45, 7) is 6.95. The van der Waals surface area contributed by atoms with Crippen LogP contribution in [0.15, 0.2) is 10.5 Å². The molecule has 0 amide bonds. The second-order valence-corrected chi connectivity index (χ2v) is 6.20. The van der Waals surface area contributed by atoms with Crippen molar-refractivity contribution >= 4 is 5.97 Å². The largest absolute Gasteiger partial charge is 0.475 e. The minimum absolute atomic E-state index is 0.0553. The Hall–Kier alpha value is -1.29. The molecule has 106 valence electrons. The number of furan rings is 1. The van der Waals surface area contributed by atoms with Crippen LogP contribution in [-0.2, 0) is 6.54 Å². The number of nitrogens with one attached hydrogen (secondary N) is 1. The molecule has 1 aromatic heterocycles. The van der Waals surface area contributed by atoms with Crippen LogP contribution in [0.25, 0.3) is 0 Å². The summed E-state index contributed by atoms with van der Waals surface area (Å²) in [4.78, 5) is 10.9. The normalized spacial score (nSPS) is 22.4. The first-order chi connectivity index (χ1) is 8.90. The van der Waals surface area contributed by atoms with Gasteiger partial charge < -0.3 is 14.8 Å². The molecule has 0 aromatic carbocycles. The lowest BCUT2D eigenvalue weighted by atomic mass is 9.73. The number of carbonyl (C=O) groups is 1. The Morgan fingerprint density at radius 1 is 1.53 bits per heavy atom. The van der Waals surface area contributed by atoms with Gasteiger partial charge in [0.25, 0.3) is 0 Å². The van der Waals surface area contributed by atoms with Gasteiger partial charge >= 0.3 is 5.97 Å². The molecule has 4 heteroatoms. The van der Waals surface area contributed by atoms with Crippen LogP contribution in [0.1, 0.15) is 61.4 Å². The van der Waals surface area contributed by atoms with Crippen molar-refractivity contribution in [1.29, 1.82) is 0 Å². The average Bonchev–Trinajstić information content (AvgIpc) is 2.69. The number of hydrogen-bond acceptors (Lipinski definition) is 3. The standard InChI is InChI=1S/C15H23NO3/c1-10-8-11(19-13(10)14(17)18)9-16-12-6-4-5-7-15(12,2)3/h8,12,16H,4-7,9H2,1-3H3,(H,17,18). The van der Waals surface area contributed by atoms with E-state index in [4.69, 9.17) is 9.52 Å². The molecule has 19 heavy (non-hydrogen) atoms. The summed E-state index contributed by atoms with van der Waals surface area (Å²) >= 11 is 0. The minimum Gasteiger partial charge on any atom is -0.475 e. The maximum atomic E-state index is 10.9. The first kappa shape index (κ1) is 14.1. The molecule has 4 nitrogen and oxygen atoms in total. The lowest BCUT2D eigenvalue weighted by Gasteiger charge is -2.39. The summed E-state index contributed by atoms with van der Waals surface area (Å²) in [6.07, 6.45) is 4.98. The quantitative estimate of drug-likeness (QED) is 0.876. The van der Waals surface area contributed by atoms with E-state index in [0.29, 0.717) is 29.3 Å². The Kier molecular flexibility index (Phi) is 3.99. The van der Waals surface area contributed by atoms with E-state index >= 15 is 0 Å². The first-order valence-electron chi connectivity index (χ1n) is 6.96. The highest BCUT2D eigenvalue weighted by Crippen LogP contribution is 2.35. The smallest absolute Gasteiger partial charge is 0.372 e. The van der Waals surface area contributed by atoms with E-state index in [2.05, 4.69) is 19.2 Å². The van der Waals surface area contributed by atoms with Crippen molar-refractivity contribution in [2.45, 2.75) is 59.0 Å². The monoisotopic (exact) mass is 265 g/mol. The van der Waals surface area contributed by atoms with Gasteiger partial charge in [-0.15, -0.1) is 0 Å². The fourth-order valence-electron chi connectivity index (χ4n) is 2.94. The van der Waals surface area contributed by atoms with Gasteiger partial charge in [-0.1, -0.05) is 26.7 Å². The molecule has 2 N–H and O–H groups in total. The van der Waals surface area contributed by atoms with Crippen molar-refractivity contribution in [3.63, 3.8) is 0 Å². The summed E-state index contributed by atoms with van der Waals surface area (Å²) in [5.74, 6) is -0.238. The molecule has 1 fully saturated rings. The molecule has 1 aromatic rings. The van der Waals surface area contributed by atoms with Gasteiger partial charge in [0.05, 0.1) is 6.54 Å². The highest BCUT2D eigenvalue weighted by atomic mass is 16.4. The number of rotatable bonds is 4. The zero-order valence-electron chi connectivity index (χ0n) is 12.0. The zero-order chi connectivity index (χ0) is 14.0. The van der Waals surface area contributed by atoms with Crippen LogP contribution < -0.4 is 5.32 Å². The lowest BCUT2D eigenvalue weighted by Crippen LogP contribution is -2.43. The molecule has 0 aliphatic heterocycles. The van der Waals surface area contributed by atoms with Crippen LogP contribution in [0.3, 0.4) is 0 Å². The lowest BCUT2D eigenvalue weighted by molar-refractivity contribution is 0.0658. The molecule has 0 spiro atoms. The maximum absolute atomic E-state index is 10.9. The van der Waals surface area contributed by atoms with Crippen LogP contribution in [0, 0.1) is 12.3 Å². The Morgan fingerprint density at radius 3 is 2.84 bits per heavy atom. The molecule has 1 saturated carbocycles. The maximum Gasteiger partial charge on any atom is 0.372 e. The van der Waals surface area contributed by atoms with Gasteiger partial charge in [0.2, 0.25) is 5.76 Å². The Morgan fingerprint density at radius 2 is 2.26 bits per heavy atom. The van der Waals surface area contributed by atoms with Crippen LogP contribution in [0.4, 0.5) is 0 Å². The van der Waals surface area contributed by atoms with Gasteiger partial charge in [-0.2, -0.15) is 0 Å². The summed E-state index contributed by atoms with van der Waals surface area (Å²) in [5, 5.41) is 12.5. The van der Waals surface area contributed by atoms with Gasteiger partial charge in [-0.25, -0.2) is 4.79 Å². The van der Waals surface area contributed by atoms with Crippen molar-refractivity contribution < 1.29 is 14.3 Å². The fraction of sp³-hybridized carbons (Fsp3) is 0.667. The molecule has 0 bridgehead atoms. The van der Waals surface area contributed by atoms with E-state index in [1.807, 2.05) is 6.07 Å². The number of carboxylic acids is 1. The second kappa shape index (κ2) is 5.37. The van der Waals surface area contributed by atoms with Crippen molar-refractivity contribution in [2.75, 3.05) is 0 Å². The average molecular weight is 265 g/mol. The van der Waals surface area contributed by atoms with Crippen LogP contribution in [-0.4, -0.2) is 17.1 Å². The molecule has 1 aliphatic carbocycles. The molecule has 1 atom stereocenters. The first-order valence-corrected chi connectivity index (χ1v) is 6.96. The summed E-state index contributed by atoms with van der Waals surface area (Å²) in [5.41, 5.74) is 0.988. The highest BCUT2D eigenvalue weighted by Gasteiger charge is 2.31. The van der Waals surface area contributed by atoms with Gasteiger partial charge in [0.15, 0.2) is 0 Å². The SMILES string of the molecule is Cc1cc(CNC2CCCCC2(C)C)oc1C(=O)O. The molecular formula is C15H23NO3. The Balaban J connectivity index is 1.98. The van der Waals surface area contributed by atoms with Crippen LogP contribution in [0.2, 0.25) is 0 Å². The van der Waals surface area contributed by atoms with E-state index in [-0.39, 0.29) is 5.76 Å². The highest BCUT2D eigenvalue weighted by molar-refractivity contribution is 5.86. The minimum atomic E-state index is -0.998. The van der Waals surface area contributed by atoms with E-state index in [0.717, 1.165) is 0 Å². The molecule has 1 heterocycles. The van der Waals surface area contributed by atoms with Crippen molar-refractivity contribution in [1.82, 2.24) is 5.32 Å². The Labute approximate surface area is 114 Å². The van der Waals surface area contributed by atoms with Crippen LogP contribution >= 0.6 is 0 Å². The molecule has 0 saturated heterocycles. The number of carboxylic acid groups (broad SMARTS) is 1. The number of aromatic carboxylic acids is 1. The van der Waals surface area contributed by atoms with Gasteiger partial charge in [0.1, 0.15) is 5.76 Å². The van der Waals surface area contributed by atoms with Crippen molar-refractivity contribution in [3.05, 3.63) is 23.2 Å². The van der Waals surface area contributed by atoms with Crippen molar-refractivity contribution in [2.24, 2.45) is 5.41 Å². The zero-order valence-corrected chi connectivity index (χ0v) is 12.0. The van der Waals surface area contributed by atoms with Gasteiger partial charge in [-0.05, 0) is 31.2 Å². The fourth-order valence-corrected chi connectivity index (χ4v) is 2.94. The third kappa shape index (κ3) is 3.18. The number of aryl methyl sites for hydroxylation is 1. The molecule has 1 aliphatic rings. The summed E-state index contributed by atoms with van der Waals surface area (Å²) in [6, 6.07) is 2.28. The second-order valence-electron chi connectivity index (χ2n) is 6.20. The summed E-state index contributed by atoms with van der Waals surface area (Å²) < 4.78 is 5.37. The molecule has 1 unspecified atom stereocenters. The van der Waals surface area contributed by atoms with Gasteiger partial charge in [-0.3, -0.25) is 0 Å². The summed E-state index contributed by atoms with van der Waals surface area (Å²) in [7, 11) is 0. The topological polar surface area (TPSA) is 62.5 Å². The number of hydrogen-bond donors (Lipinski definition) is 2. The van der Waals surface area contributed by atoms with Crippen LogP contribution in [0.5, 0.6) is 0 Å². The third-order valence-electron chi connectivity index (χ3n) is 4.19.